The molecule has 1 N–H and O–H groups in total. The Hall–Kier alpha value is -4.04. The summed E-state index contributed by atoms with van der Waals surface area (Å²) in [6.07, 6.45) is -0.0190. The first-order valence-electron chi connectivity index (χ1n) is 10.0. The molecule has 0 aliphatic carbocycles. The van der Waals surface area contributed by atoms with Gasteiger partial charge in [0.15, 0.2) is 0 Å². The summed E-state index contributed by atoms with van der Waals surface area (Å²) >= 11 is 6.16. The first kappa shape index (κ1) is 22.2. The lowest BCUT2D eigenvalue weighted by Gasteiger charge is -2.25. The lowest BCUT2D eigenvalue weighted by atomic mass is 10.0. The largest absolute Gasteiger partial charge is 0.324 e. The fourth-order valence-electron chi connectivity index (χ4n) is 3.67. The molecule has 1 heterocycles. The Kier molecular flexibility index (Phi) is 5.93. The Morgan fingerprint density at radius 3 is 2.18 bits per heavy atom. The van der Waals surface area contributed by atoms with Gasteiger partial charge in [0.05, 0.1) is 16.1 Å². The summed E-state index contributed by atoms with van der Waals surface area (Å²) in [4.78, 5) is 50.8. The maximum absolute atomic E-state index is 13.3. The van der Waals surface area contributed by atoms with Crippen LogP contribution in [0.25, 0.3) is 0 Å². The highest BCUT2D eigenvalue weighted by molar-refractivity contribution is 6.31. The number of nitrogens with one attached hydrogen (secondary N) is 1. The number of rotatable bonds is 6. The Bertz CT molecular complexity index is 1250. The van der Waals surface area contributed by atoms with E-state index in [1.54, 1.807) is 30.3 Å². The number of imide groups is 1. The second-order valence-electron chi connectivity index (χ2n) is 7.62. The van der Waals surface area contributed by atoms with Crippen LogP contribution < -0.4 is 5.32 Å². The van der Waals surface area contributed by atoms with Crippen LogP contribution in [0.5, 0.6) is 0 Å². The smallest absolute Gasteiger partial charge is 0.269 e. The molecule has 1 aliphatic heterocycles. The molecule has 0 radical (unpaired) electrons. The summed E-state index contributed by atoms with van der Waals surface area (Å²) < 4.78 is 0. The predicted octanol–water partition coefficient (Wildman–Crippen LogP) is 4.40. The number of aryl methyl sites for hydroxylation is 1. The highest BCUT2D eigenvalue weighted by Crippen LogP contribution is 2.27. The van der Waals surface area contributed by atoms with E-state index in [2.05, 4.69) is 5.32 Å². The Morgan fingerprint density at radius 1 is 1.03 bits per heavy atom. The SMILES string of the molecule is Cc1ccc(NC(=O)[C@H](Cc2ccc([N+](=O)[O-])cc2)N2C(=O)c3ccccc3C2=O)cc1Cl. The third kappa shape index (κ3) is 4.33. The minimum atomic E-state index is -1.18. The van der Waals surface area contributed by atoms with Crippen molar-refractivity contribution in [2.45, 2.75) is 19.4 Å². The summed E-state index contributed by atoms with van der Waals surface area (Å²) in [6.45, 7) is 1.82. The number of amides is 3. The fourth-order valence-corrected chi connectivity index (χ4v) is 3.85. The van der Waals surface area contributed by atoms with Crippen LogP contribution in [0.15, 0.2) is 66.7 Å². The highest BCUT2D eigenvalue weighted by atomic mass is 35.5. The van der Waals surface area contributed by atoms with Crippen LogP contribution in [0.4, 0.5) is 11.4 Å². The van der Waals surface area contributed by atoms with Gasteiger partial charge in [-0.1, -0.05) is 41.9 Å². The van der Waals surface area contributed by atoms with Gasteiger partial charge in [-0.2, -0.15) is 0 Å². The van der Waals surface area contributed by atoms with Gasteiger partial charge in [0.25, 0.3) is 17.5 Å². The molecule has 166 valence electrons. The molecule has 0 bridgehead atoms. The molecule has 1 atom stereocenters. The van der Waals surface area contributed by atoms with Crippen LogP contribution in [0.2, 0.25) is 5.02 Å². The molecule has 4 rings (SSSR count). The van der Waals surface area contributed by atoms with E-state index in [9.17, 15) is 24.5 Å². The van der Waals surface area contributed by atoms with Gasteiger partial charge < -0.3 is 5.32 Å². The molecule has 0 unspecified atom stereocenters. The number of hydrogen-bond acceptors (Lipinski definition) is 5. The first-order valence-corrected chi connectivity index (χ1v) is 10.4. The summed E-state index contributed by atoms with van der Waals surface area (Å²) in [5, 5.41) is 14.1. The molecule has 3 aromatic carbocycles. The van der Waals surface area contributed by atoms with Gasteiger partial charge in [0.1, 0.15) is 6.04 Å². The molecular formula is C24H18ClN3O5. The number of halogens is 1. The van der Waals surface area contributed by atoms with Crippen molar-refractivity contribution < 1.29 is 19.3 Å². The van der Waals surface area contributed by atoms with Gasteiger partial charge >= 0.3 is 0 Å². The van der Waals surface area contributed by atoms with E-state index in [4.69, 9.17) is 11.6 Å². The first-order chi connectivity index (χ1) is 15.8. The zero-order valence-corrected chi connectivity index (χ0v) is 18.2. The highest BCUT2D eigenvalue weighted by Gasteiger charge is 2.42. The lowest BCUT2D eigenvalue weighted by Crippen LogP contribution is -2.48. The van der Waals surface area contributed by atoms with E-state index < -0.39 is 28.7 Å². The van der Waals surface area contributed by atoms with Crippen LogP contribution >= 0.6 is 11.6 Å². The molecule has 33 heavy (non-hydrogen) atoms. The summed E-state index contributed by atoms with van der Waals surface area (Å²) in [6, 6.07) is 15.8. The maximum atomic E-state index is 13.3. The molecule has 0 aromatic heterocycles. The van der Waals surface area contributed by atoms with Crippen molar-refractivity contribution in [3.05, 3.63) is 104 Å². The summed E-state index contributed by atoms with van der Waals surface area (Å²) in [5.41, 5.74) is 2.15. The average molecular weight is 464 g/mol. The van der Waals surface area contributed by atoms with Gasteiger partial charge in [-0.3, -0.25) is 29.4 Å². The van der Waals surface area contributed by atoms with Crippen LogP contribution in [0.1, 0.15) is 31.8 Å². The fraction of sp³-hybridized carbons (Fsp3) is 0.125. The molecule has 0 spiro atoms. The Balaban J connectivity index is 1.68. The number of non-ortho nitro benzene ring substituents is 1. The number of hydrogen-bond donors (Lipinski definition) is 1. The maximum Gasteiger partial charge on any atom is 0.269 e. The van der Waals surface area contributed by atoms with E-state index >= 15 is 0 Å². The van der Waals surface area contributed by atoms with E-state index in [0.717, 1.165) is 10.5 Å². The molecule has 1 aliphatic rings. The van der Waals surface area contributed by atoms with Gasteiger partial charge in [0.2, 0.25) is 5.91 Å². The summed E-state index contributed by atoms with van der Waals surface area (Å²) in [5.74, 6) is -1.72. The molecule has 3 aromatic rings. The minimum absolute atomic E-state index is 0.0190. The minimum Gasteiger partial charge on any atom is -0.324 e. The van der Waals surface area contributed by atoms with Gasteiger partial charge in [0, 0.05) is 29.3 Å². The molecule has 3 amide bonds. The quantitative estimate of drug-likeness (QED) is 0.331. The van der Waals surface area contributed by atoms with E-state index in [-0.39, 0.29) is 23.2 Å². The number of fused-ring (bicyclic) bond motifs is 1. The number of benzene rings is 3. The van der Waals surface area contributed by atoms with Crippen molar-refractivity contribution in [2.24, 2.45) is 0 Å². The van der Waals surface area contributed by atoms with E-state index in [1.165, 1.54) is 36.4 Å². The Morgan fingerprint density at radius 2 is 1.64 bits per heavy atom. The normalized spacial score (nSPS) is 13.6. The van der Waals surface area contributed by atoms with E-state index in [1.807, 2.05) is 6.92 Å². The van der Waals surface area contributed by atoms with Crippen LogP contribution in [-0.4, -0.2) is 33.6 Å². The molecule has 0 saturated heterocycles. The number of carbonyl (C=O) groups excluding carboxylic acids is 3. The molecule has 8 nitrogen and oxygen atoms in total. The third-order valence-electron chi connectivity index (χ3n) is 5.46. The molecule has 9 heteroatoms. The monoisotopic (exact) mass is 463 g/mol. The molecule has 0 saturated carbocycles. The number of nitro benzene ring substituents is 1. The van der Waals surface area contributed by atoms with Gasteiger partial charge in [-0.15, -0.1) is 0 Å². The zero-order chi connectivity index (χ0) is 23.7. The average Bonchev–Trinajstić information content (AvgIpc) is 3.05. The molecule has 0 fully saturated rings. The second kappa shape index (κ2) is 8.84. The van der Waals surface area contributed by atoms with Crippen molar-refractivity contribution in [3.8, 4) is 0 Å². The third-order valence-corrected chi connectivity index (χ3v) is 5.86. The molecular weight excluding hydrogens is 446 g/mol. The standard InChI is InChI=1S/C24H18ClN3O5/c1-14-6-9-16(13-20(14)25)26-22(29)21(12-15-7-10-17(11-8-15)28(32)33)27-23(30)18-4-2-3-5-19(18)24(27)31/h2-11,13,21H,12H2,1H3,(H,26,29)/t21-/m0/s1. The number of anilines is 1. The van der Waals surface area contributed by atoms with Crippen molar-refractivity contribution >= 4 is 40.7 Å². The number of nitrogens with zero attached hydrogens (tertiary/aromatic N) is 2. The van der Waals surface area contributed by atoms with Crippen molar-refractivity contribution in [1.82, 2.24) is 4.90 Å². The van der Waals surface area contributed by atoms with Gasteiger partial charge in [-0.25, -0.2) is 0 Å². The van der Waals surface area contributed by atoms with Crippen molar-refractivity contribution in [1.29, 1.82) is 0 Å². The van der Waals surface area contributed by atoms with Gasteiger partial charge in [-0.05, 0) is 42.3 Å². The topological polar surface area (TPSA) is 110 Å². The van der Waals surface area contributed by atoms with Crippen LogP contribution in [-0.2, 0) is 11.2 Å². The van der Waals surface area contributed by atoms with E-state index in [0.29, 0.717) is 16.3 Å². The van der Waals surface area contributed by atoms with Crippen molar-refractivity contribution in [3.63, 3.8) is 0 Å². The van der Waals surface area contributed by atoms with Crippen molar-refractivity contribution in [2.75, 3.05) is 5.32 Å². The predicted molar refractivity (Wildman–Crippen MR) is 122 cm³/mol. The second-order valence-corrected chi connectivity index (χ2v) is 8.03. The number of nitro groups is 1. The van der Waals surface area contributed by atoms with Crippen LogP contribution in [0.3, 0.4) is 0 Å². The summed E-state index contributed by atoms with van der Waals surface area (Å²) in [7, 11) is 0. The Labute approximate surface area is 193 Å². The number of carbonyl (C=O) groups is 3. The van der Waals surface area contributed by atoms with Crippen LogP contribution in [0, 0.1) is 17.0 Å². The lowest BCUT2D eigenvalue weighted by molar-refractivity contribution is -0.384. The zero-order valence-electron chi connectivity index (χ0n) is 17.4.